The molecule has 0 N–H and O–H groups in total. The van der Waals surface area contributed by atoms with E-state index in [9.17, 15) is 8.78 Å². The van der Waals surface area contributed by atoms with Gasteiger partial charge in [-0.3, -0.25) is 0 Å². The summed E-state index contributed by atoms with van der Waals surface area (Å²) in [5.41, 5.74) is 0.861. The number of benzene rings is 1. The standard InChI is InChI=1S/C13H14F2N2OS/c1-18-9-2-3-11-10(6-9)16-13(19-11)17-5-4-8(7-17)12(14)15/h2-3,6,8,12H,4-5,7H2,1H3. The summed E-state index contributed by atoms with van der Waals surface area (Å²) in [5, 5.41) is 0.825. The van der Waals surface area contributed by atoms with Gasteiger partial charge in [0.2, 0.25) is 6.43 Å². The normalized spacial score (nSPS) is 19.6. The highest BCUT2D eigenvalue weighted by Gasteiger charge is 2.30. The second-order valence-electron chi connectivity index (χ2n) is 4.66. The third-order valence-electron chi connectivity index (χ3n) is 3.44. The molecule has 1 unspecified atom stereocenters. The van der Waals surface area contributed by atoms with Gasteiger partial charge in [0.05, 0.1) is 17.3 Å². The molecule has 0 spiro atoms. The Labute approximate surface area is 113 Å². The fourth-order valence-electron chi connectivity index (χ4n) is 2.32. The second kappa shape index (κ2) is 4.92. The molecule has 0 bridgehead atoms. The first-order chi connectivity index (χ1) is 9.17. The predicted molar refractivity (Wildman–Crippen MR) is 72.5 cm³/mol. The Balaban J connectivity index is 1.86. The van der Waals surface area contributed by atoms with E-state index in [1.807, 2.05) is 23.1 Å². The smallest absolute Gasteiger partial charge is 0.243 e. The van der Waals surface area contributed by atoms with E-state index in [0.29, 0.717) is 19.5 Å². The van der Waals surface area contributed by atoms with E-state index in [1.54, 1.807) is 18.4 Å². The van der Waals surface area contributed by atoms with Crippen LogP contribution in [0.3, 0.4) is 0 Å². The second-order valence-corrected chi connectivity index (χ2v) is 5.67. The quantitative estimate of drug-likeness (QED) is 0.864. The lowest BCUT2D eigenvalue weighted by atomic mass is 10.1. The molecule has 1 aliphatic rings. The van der Waals surface area contributed by atoms with Crippen molar-refractivity contribution in [2.45, 2.75) is 12.8 Å². The van der Waals surface area contributed by atoms with Gasteiger partial charge in [-0.15, -0.1) is 0 Å². The zero-order valence-electron chi connectivity index (χ0n) is 10.5. The van der Waals surface area contributed by atoms with Gasteiger partial charge in [0, 0.05) is 25.1 Å². The topological polar surface area (TPSA) is 25.4 Å². The number of halogens is 2. The summed E-state index contributed by atoms with van der Waals surface area (Å²) in [6, 6.07) is 5.71. The lowest BCUT2D eigenvalue weighted by Crippen LogP contribution is -2.21. The molecule has 1 saturated heterocycles. The summed E-state index contributed by atoms with van der Waals surface area (Å²) in [6.45, 7) is 1.06. The number of ether oxygens (including phenoxy) is 1. The molecule has 6 heteroatoms. The van der Waals surface area contributed by atoms with Crippen LogP contribution in [-0.2, 0) is 0 Å². The van der Waals surface area contributed by atoms with Gasteiger partial charge in [-0.25, -0.2) is 13.8 Å². The van der Waals surface area contributed by atoms with E-state index in [4.69, 9.17) is 4.74 Å². The number of rotatable bonds is 3. The Hall–Kier alpha value is -1.43. The first-order valence-corrected chi connectivity index (χ1v) is 6.96. The highest BCUT2D eigenvalue weighted by atomic mass is 32.1. The zero-order chi connectivity index (χ0) is 13.4. The largest absolute Gasteiger partial charge is 0.497 e. The molecule has 3 rings (SSSR count). The van der Waals surface area contributed by atoms with Gasteiger partial charge >= 0.3 is 0 Å². The SMILES string of the molecule is COc1ccc2sc(N3CCC(C(F)F)C3)nc2c1. The first-order valence-electron chi connectivity index (χ1n) is 6.15. The maximum absolute atomic E-state index is 12.7. The van der Waals surface area contributed by atoms with Crippen LogP contribution in [0.15, 0.2) is 18.2 Å². The van der Waals surface area contributed by atoms with Crippen molar-refractivity contribution in [2.24, 2.45) is 5.92 Å². The number of aromatic nitrogens is 1. The Morgan fingerprint density at radius 1 is 1.47 bits per heavy atom. The van der Waals surface area contributed by atoms with Gasteiger partial charge in [0.25, 0.3) is 0 Å². The molecular formula is C13H14F2N2OS. The molecule has 102 valence electrons. The molecule has 19 heavy (non-hydrogen) atoms. The highest BCUT2D eigenvalue weighted by molar-refractivity contribution is 7.22. The van der Waals surface area contributed by atoms with Crippen LogP contribution in [0.25, 0.3) is 10.2 Å². The maximum Gasteiger partial charge on any atom is 0.243 e. The number of nitrogens with zero attached hydrogens (tertiary/aromatic N) is 2. The van der Waals surface area contributed by atoms with Crippen molar-refractivity contribution in [3.05, 3.63) is 18.2 Å². The predicted octanol–water partition coefficient (Wildman–Crippen LogP) is 3.40. The Morgan fingerprint density at radius 2 is 2.32 bits per heavy atom. The maximum atomic E-state index is 12.7. The minimum atomic E-state index is -2.24. The van der Waals surface area contributed by atoms with Crippen molar-refractivity contribution in [1.29, 1.82) is 0 Å². The van der Waals surface area contributed by atoms with Crippen LogP contribution in [0.4, 0.5) is 13.9 Å². The number of fused-ring (bicyclic) bond motifs is 1. The summed E-state index contributed by atoms with van der Waals surface area (Å²) in [5.74, 6) is 0.234. The molecule has 0 saturated carbocycles. The average Bonchev–Trinajstić information content (AvgIpc) is 3.04. The molecule has 2 aromatic rings. The van der Waals surface area contributed by atoms with Gasteiger partial charge in [0.15, 0.2) is 5.13 Å². The molecule has 3 nitrogen and oxygen atoms in total. The zero-order valence-corrected chi connectivity index (χ0v) is 11.3. The van der Waals surface area contributed by atoms with Crippen LogP contribution in [-0.4, -0.2) is 31.6 Å². The van der Waals surface area contributed by atoms with Crippen LogP contribution in [0.1, 0.15) is 6.42 Å². The van der Waals surface area contributed by atoms with Crippen LogP contribution in [0.5, 0.6) is 5.75 Å². The fourth-order valence-corrected chi connectivity index (χ4v) is 3.30. The van der Waals surface area contributed by atoms with Crippen molar-refractivity contribution < 1.29 is 13.5 Å². The summed E-state index contributed by atoms with van der Waals surface area (Å²) in [7, 11) is 1.61. The minimum Gasteiger partial charge on any atom is -0.497 e. The summed E-state index contributed by atoms with van der Waals surface area (Å²) < 4.78 is 31.6. The number of hydrogen-bond donors (Lipinski definition) is 0. The van der Waals surface area contributed by atoms with Crippen LogP contribution >= 0.6 is 11.3 Å². The Kier molecular flexibility index (Phi) is 3.26. The lowest BCUT2D eigenvalue weighted by molar-refractivity contribution is 0.0880. The van der Waals surface area contributed by atoms with Gasteiger partial charge in [0.1, 0.15) is 5.75 Å². The van der Waals surface area contributed by atoms with Crippen LogP contribution in [0.2, 0.25) is 0 Å². The van der Waals surface area contributed by atoms with Crippen molar-refractivity contribution in [3.8, 4) is 5.75 Å². The number of thiazole rings is 1. The Morgan fingerprint density at radius 3 is 3.00 bits per heavy atom. The molecule has 1 aromatic carbocycles. The van der Waals surface area contributed by atoms with Gasteiger partial charge < -0.3 is 9.64 Å². The summed E-state index contributed by atoms with van der Waals surface area (Å²) in [4.78, 5) is 6.47. The van der Waals surface area contributed by atoms with Gasteiger partial charge in [-0.05, 0) is 18.6 Å². The first kappa shape index (κ1) is 12.6. The molecule has 0 radical (unpaired) electrons. The molecule has 1 aromatic heterocycles. The minimum absolute atomic E-state index is 0.397. The van der Waals surface area contributed by atoms with E-state index in [1.165, 1.54) is 0 Å². The van der Waals surface area contributed by atoms with Crippen molar-refractivity contribution in [2.75, 3.05) is 25.1 Å². The molecule has 1 aliphatic heterocycles. The van der Waals surface area contributed by atoms with E-state index >= 15 is 0 Å². The van der Waals surface area contributed by atoms with Gasteiger partial charge in [-0.1, -0.05) is 11.3 Å². The average molecular weight is 284 g/mol. The molecule has 0 amide bonds. The van der Waals surface area contributed by atoms with Gasteiger partial charge in [-0.2, -0.15) is 0 Å². The summed E-state index contributed by atoms with van der Waals surface area (Å²) in [6.07, 6.45) is -1.70. The Bertz CT molecular complexity index is 587. The lowest BCUT2D eigenvalue weighted by Gasteiger charge is -2.14. The fraction of sp³-hybridized carbons (Fsp3) is 0.462. The van der Waals surface area contributed by atoms with Crippen LogP contribution in [0, 0.1) is 5.92 Å². The third-order valence-corrected chi connectivity index (χ3v) is 4.53. The number of alkyl halides is 2. The van der Waals surface area contributed by atoms with Crippen molar-refractivity contribution in [3.63, 3.8) is 0 Å². The van der Waals surface area contributed by atoms with E-state index in [0.717, 1.165) is 21.1 Å². The summed E-state index contributed by atoms with van der Waals surface area (Å²) >= 11 is 1.54. The highest BCUT2D eigenvalue weighted by Crippen LogP contribution is 2.34. The monoisotopic (exact) mass is 284 g/mol. The van der Waals surface area contributed by atoms with Crippen molar-refractivity contribution in [1.82, 2.24) is 4.98 Å². The number of anilines is 1. The number of methoxy groups -OCH3 is 1. The number of hydrogen-bond acceptors (Lipinski definition) is 4. The third kappa shape index (κ3) is 2.36. The molecule has 2 heterocycles. The van der Waals surface area contributed by atoms with E-state index in [2.05, 4.69) is 4.98 Å². The molecule has 1 fully saturated rings. The van der Waals surface area contributed by atoms with Crippen molar-refractivity contribution >= 4 is 26.7 Å². The molecule has 1 atom stereocenters. The van der Waals surface area contributed by atoms with E-state index < -0.39 is 12.3 Å². The van der Waals surface area contributed by atoms with E-state index in [-0.39, 0.29) is 0 Å². The molecular weight excluding hydrogens is 270 g/mol. The van der Waals surface area contributed by atoms with Crippen LogP contribution < -0.4 is 9.64 Å². The molecule has 0 aliphatic carbocycles.